The predicted octanol–water partition coefficient (Wildman–Crippen LogP) is 2.57. The molecule has 4 nitrogen and oxygen atoms in total. The van der Waals surface area contributed by atoms with Crippen LogP contribution in [0.5, 0.6) is 0 Å². The molecule has 0 saturated heterocycles. The molecule has 0 aromatic heterocycles. The van der Waals surface area contributed by atoms with Gasteiger partial charge in [-0.05, 0) is 12.1 Å². The molecule has 1 aromatic carbocycles. The molecule has 1 aromatic rings. The van der Waals surface area contributed by atoms with Crippen molar-refractivity contribution in [3.63, 3.8) is 0 Å². The molecule has 1 rings (SSSR count). The first-order valence-corrected chi connectivity index (χ1v) is 6.50. The number of amides is 1. The van der Waals surface area contributed by atoms with Crippen LogP contribution < -0.4 is 11.1 Å². The van der Waals surface area contributed by atoms with Crippen LogP contribution >= 0.6 is 23.4 Å². The first-order chi connectivity index (χ1) is 8.95. The van der Waals surface area contributed by atoms with Crippen LogP contribution in [0, 0.1) is 0 Å². The largest absolute Gasteiger partial charge is 0.383 e. The lowest BCUT2D eigenvalue weighted by atomic mass is 10.2. The molecular weight excluding hydrogens is 298 g/mol. The minimum Gasteiger partial charge on any atom is -0.383 e. The third-order valence-electron chi connectivity index (χ3n) is 2.11. The number of halogens is 3. The number of ether oxygens (including phenoxy) is 1. The van der Waals surface area contributed by atoms with E-state index in [4.69, 9.17) is 22.1 Å². The van der Waals surface area contributed by atoms with Crippen LogP contribution in [0.25, 0.3) is 0 Å². The third kappa shape index (κ3) is 4.94. The van der Waals surface area contributed by atoms with Crippen LogP contribution in [0.3, 0.4) is 0 Å². The molecule has 0 radical (unpaired) electrons. The molecule has 0 aliphatic carbocycles. The van der Waals surface area contributed by atoms with Crippen LogP contribution in [-0.4, -0.2) is 31.4 Å². The van der Waals surface area contributed by atoms with Gasteiger partial charge in [0.05, 0.1) is 22.2 Å². The Morgan fingerprint density at radius 3 is 2.84 bits per heavy atom. The first-order valence-electron chi connectivity index (χ1n) is 5.24. The SMILES string of the molecule is COCC(N)C(=O)Nc1cccc(Cl)c1SC(F)F. The van der Waals surface area contributed by atoms with Crippen LogP contribution in [0.1, 0.15) is 0 Å². The molecule has 0 spiro atoms. The average molecular weight is 311 g/mol. The molecule has 0 saturated carbocycles. The zero-order chi connectivity index (χ0) is 14.4. The maximum Gasteiger partial charge on any atom is 0.289 e. The number of nitrogens with one attached hydrogen (secondary N) is 1. The van der Waals surface area contributed by atoms with E-state index in [2.05, 4.69) is 5.32 Å². The summed E-state index contributed by atoms with van der Waals surface area (Å²) in [6, 6.07) is 3.62. The van der Waals surface area contributed by atoms with Crippen molar-refractivity contribution >= 4 is 35.0 Å². The standard InChI is InChI=1S/C11H13ClF2N2O2S/c1-18-5-7(15)10(17)16-8-4-2-3-6(12)9(8)19-11(13)14/h2-4,7,11H,5,15H2,1H3,(H,16,17). The number of alkyl halides is 2. The summed E-state index contributed by atoms with van der Waals surface area (Å²) in [7, 11) is 1.41. The Labute approximate surface area is 118 Å². The van der Waals surface area contributed by atoms with Gasteiger partial charge in [0, 0.05) is 7.11 Å². The summed E-state index contributed by atoms with van der Waals surface area (Å²) in [6.07, 6.45) is 0. The topological polar surface area (TPSA) is 64.3 Å². The Kier molecular flexibility index (Phi) is 6.50. The maximum absolute atomic E-state index is 12.4. The lowest BCUT2D eigenvalue weighted by Gasteiger charge is -2.14. The Morgan fingerprint density at radius 1 is 1.58 bits per heavy atom. The number of methoxy groups -OCH3 is 1. The molecule has 1 unspecified atom stereocenters. The predicted molar refractivity (Wildman–Crippen MR) is 71.8 cm³/mol. The van der Waals surface area contributed by atoms with E-state index in [1.807, 2.05) is 0 Å². The van der Waals surface area contributed by atoms with Crippen molar-refractivity contribution in [3.05, 3.63) is 23.2 Å². The summed E-state index contributed by atoms with van der Waals surface area (Å²) in [5.41, 5.74) is 5.74. The van der Waals surface area contributed by atoms with Crippen molar-refractivity contribution in [1.82, 2.24) is 0 Å². The zero-order valence-electron chi connectivity index (χ0n) is 10.0. The second-order valence-electron chi connectivity index (χ2n) is 3.55. The average Bonchev–Trinajstić information content (AvgIpc) is 2.33. The highest BCUT2D eigenvalue weighted by molar-refractivity contribution is 7.99. The highest BCUT2D eigenvalue weighted by Crippen LogP contribution is 2.37. The van der Waals surface area contributed by atoms with E-state index in [-0.39, 0.29) is 34.0 Å². The minimum atomic E-state index is -2.64. The fourth-order valence-corrected chi connectivity index (χ4v) is 2.21. The molecule has 0 heterocycles. The number of hydrogen-bond donors (Lipinski definition) is 2. The summed E-state index contributed by atoms with van der Waals surface area (Å²) >= 11 is 6.10. The summed E-state index contributed by atoms with van der Waals surface area (Å²) < 4.78 is 29.6. The van der Waals surface area contributed by atoms with Crippen molar-refractivity contribution in [2.75, 3.05) is 19.0 Å². The molecule has 0 aliphatic heterocycles. The van der Waals surface area contributed by atoms with E-state index in [0.29, 0.717) is 0 Å². The van der Waals surface area contributed by atoms with Gasteiger partial charge in [0.15, 0.2) is 0 Å². The van der Waals surface area contributed by atoms with Gasteiger partial charge in [-0.25, -0.2) is 0 Å². The second kappa shape index (κ2) is 7.64. The van der Waals surface area contributed by atoms with Crippen molar-refractivity contribution in [2.45, 2.75) is 16.7 Å². The maximum atomic E-state index is 12.4. The Morgan fingerprint density at radius 2 is 2.26 bits per heavy atom. The minimum absolute atomic E-state index is 0.0315. The lowest BCUT2D eigenvalue weighted by Crippen LogP contribution is -2.39. The van der Waals surface area contributed by atoms with E-state index < -0.39 is 17.7 Å². The quantitative estimate of drug-likeness (QED) is 0.793. The number of benzene rings is 1. The van der Waals surface area contributed by atoms with Gasteiger partial charge < -0.3 is 15.8 Å². The van der Waals surface area contributed by atoms with Gasteiger partial charge in [-0.1, -0.05) is 29.4 Å². The summed E-state index contributed by atoms with van der Waals surface area (Å²) in [5.74, 6) is -3.16. The molecule has 0 aliphatic rings. The number of rotatable bonds is 6. The molecule has 1 amide bonds. The number of hydrogen-bond acceptors (Lipinski definition) is 4. The van der Waals surface area contributed by atoms with Crippen molar-refractivity contribution in [2.24, 2.45) is 5.73 Å². The lowest BCUT2D eigenvalue weighted by molar-refractivity contribution is -0.118. The fourth-order valence-electron chi connectivity index (χ4n) is 1.30. The molecule has 106 valence electrons. The fraction of sp³-hybridized carbons (Fsp3) is 0.364. The Balaban J connectivity index is 2.88. The normalized spacial score (nSPS) is 12.5. The molecule has 3 N–H and O–H groups in total. The van der Waals surface area contributed by atoms with Crippen molar-refractivity contribution in [3.8, 4) is 0 Å². The third-order valence-corrected chi connectivity index (χ3v) is 3.40. The van der Waals surface area contributed by atoms with Gasteiger partial charge in [-0.15, -0.1) is 0 Å². The zero-order valence-corrected chi connectivity index (χ0v) is 11.6. The second-order valence-corrected chi connectivity index (χ2v) is 4.95. The molecule has 19 heavy (non-hydrogen) atoms. The smallest absolute Gasteiger partial charge is 0.289 e. The van der Waals surface area contributed by atoms with E-state index in [0.717, 1.165) is 0 Å². The molecule has 0 fully saturated rings. The van der Waals surface area contributed by atoms with E-state index in [1.165, 1.54) is 19.2 Å². The number of carbonyl (C=O) groups is 1. The highest BCUT2D eigenvalue weighted by Gasteiger charge is 2.18. The molecule has 0 bridgehead atoms. The van der Waals surface area contributed by atoms with Crippen LogP contribution in [-0.2, 0) is 9.53 Å². The van der Waals surface area contributed by atoms with Crippen LogP contribution in [0.15, 0.2) is 23.1 Å². The van der Waals surface area contributed by atoms with Gasteiger partial charge in [0.2, 0.25) is 5.91 Å². The molecule has 8 heteroatoms. The van der Waals surface area contributed by atoms with Crippen molar-refractivity contribution in [1.29, 1.82) is 0 Å². The number of carbonyl (C=O) groups excluding carboxylic acids is 1. The monoisotopic (exact) mass is 310 g/mol. The van der Waals surface area contributed by atoms with Crippen LogP contribution in [0.4, 0.5) is 14.5 Å². The van der Waals surface area contributed by atoms with Gasteiger partial charge in [0.1, 0.15) is 6.04 Å². The summed E-state index contributed by atoms with van der Waals surface area (Å²) in [6.45, 7) is 0.0315. The number of nitrogens with two attached hydrogens (primary N) is 1. The Hall–Kier alpha value is -0.890. The van der Waals surface area contributed by atoms with Crippen molar-refractivity contribution < 1.29 is 18.3 Å². The highest BCUT2D eigenvalue weighted by atomic mass is 35.5. The number of anilines is 1. The summed E-state index contributed by atoms with van der Waals surface area (Å²) in [4.78, 5) is 11.8. The first kappa shape index (κ1) is 16.2. The van der Waals surface area contributed by atoms with E-state index in [9.17, 15) is 13.6 Å². The summed E-state index contributed by atoms with van der Waals surface area (Å²) in [5, 5.41) is 2.60. The van der Waals surface area contributed by atoms with E-state index >= 15 is 0 Å². The van der Waals surface area contributed by atoms with Gasteiger partial charge in [-0.2, -0.15) is 8.78 Å². The number of thioether (sulfide) groups is 1. The van der Waals surface area contributed by atoms with Gasteiger partial charge in [0.25, 0.3) is 5.76 Å². The van der Waals surface area contributed by atoms with E-state index in [1.54, 1.807) is 6.07 Å². The molecular formula is C11H13ClF2N2O2S. The Bertz CT molecular complexity index is 449. The molecule has 1 atom stereocenters. The van der Waals surface area contributed by atoms with Gasteiger partial charge >= 0.3 is 0 Å². The van der Waals surface area contributed by atoms with Crippen LogP contribution in [0.2, 0.25) is 5.02 Å². The van der Waals surface area contributed by atoms with Gasteiger partial charge in [-0.3, -0.25) is 4.79 Å².